The molecule has 138 valence electrons. The Morgan fingerprint density at radius 3 is 2.46 bits per heavy atom. The molecule has 2 aromatic carbocycles. The quantitative estimate of drug-likeness (QED) is 0.742. The van der Waals surface area contributed by atoms with Gasteiger partial charge in [-0.2, -0.15) is 0 Å². The number of carbonyl (C=O) groups excluding carboxylic acids is 2. The molecular formula is C19H20Cl2N2O3. The van der Waals surface area contributed by atoms with E-state index >= 15 is 0 Å². The number of nitrogens with two attached hydrogens (primary N) is 1. The first-order chi connectivity index (χ1) is 12.4. The lowest BCUT2D eigenvalue weighted by Crippen LogP contribution is -2.41. The molecule has 0 aliphatic heterocycles. The molecule has 7 heteroatoms. The number of nitrogens with zero attached hydrogens (tertiary/aromatic N) is 1. The SMILES string of the molecule is CC(Oc1ccc(Cl)cc1Cl)C(=O)N(CCC(N)=O)Cc1ccccc1. The lowest BCUT2D eigenvalue weighted by Gasteiger charge is -2.26. The minimum Gasteiger partial charge on any atom is -0.479 e. The van der Waals surface area contributed by atoms with Gasteiger partial charge in [-0.15, -0.1) is 0 Å². The fourth-order valence-corrected chi connectivity index (χ4v) is 2.84. The van der Waals surface area contributed by atoms with Gasteiger partial charge in [0.15, 0.2) is 6.10 Å². The largest absolute Gasteiger partial charge is 0.479 e. The number of ether oxygens (including phenoxy) is 1. The van der Waals surface area contributed by atoms with Crippen molar-refractivity contribution < 1.29 is 14.3 Å². The third kappa shape index (κ3) is 5.93. The van der Waals surface area contributed by atoms with Crippen LogP contribution in [0, 0.1) is 0 Å². The second-order valence-corrected chi connectivity index (χ2v) is 6.64. The molecule has 0 radical (unpaired) electrons. The van der Waals surface area contributed by atoms with Gasteiger partial charge in [0.1, 0.15) is 5.75 Å². The van der Waals surface area contributed by atoms with Gasteiger partial charge in [-0.25, -0.2) is 0 Å². The number of benzene rings is 2. The maximum atomic E-state index is 12.8. The van der Waals surface area contributed by atoms with Crippen molar-refractivity contribution in [1.29, 1.82) is 0 Å². The Bertz CT molecular complexity index is 769. The van der Waals surface area contributed by atoms with Crippen molar-refractivity contribution in [2.45, 2.75) is 26.0 Å². The zero-order valence-corrected chi connectivity index (χ0v) is 15.8. The highest BCUT2D eigenvalue weighted by molar-refractivity contribution is 6.35. The van der Waals surface area contributed by atoms with Gasteiger partial charge >= 0.3 is 0 Å². The summed E-state index contributed by atoms with van der Waals surface area (Å²) in [6.07, 6.45) is -0.710. The summed E-state index contributed by atoms with van der Waals surface area (Å²) in [7, 11) is 0. The van der Waals surface area contributed by atoms with E-state index in [2.05, 4.69) is 0 Å². The van der Waals surface area contributed by atoms with Crippen LogP contribution in [0.25, 0.3) is 0 Å². The Hall–Kier alpha value is -2.24. The predicted octanol–water partition coefficient (Wildman–Crippen LogP) is 3.66. The number of carbonyl (C=O) groups is 2. The zero-order chi connectivity index (χ0) is 19.1. The smallest absolute Gasteiger partial charge is 0.263 e. The molecule has 0 saturated heterocycles. The molecule has 0 spiro atoms. The third-order valence-electron chi connectivity index (χ3n) is 3.70. The molecule has 5 nitrogen and oxygen atoms in total. The van der Waals surface area contributed by atoms with Crippen molar-refractivity contribution in [3.05, 3.63) is 64.1 Å². The standard InChI is InChI=1S/C19H20Cl2N2O3/c1-13(26-17-8-7-15(20)11-16(17)21)19(25)23(10-9-18(22)24)12-14-5-3-2-4-6-14/h2-8,11,13H,9-10,12H2,1H3,(H2,22,24). The molecule has 0 aliphatic rings. The van der Waals surface area contributed by atoms with Crippen molar-refractivity contribution in [2.24, 2.45) is 5.73 Å². The van der Waals surface area contributed by atoms with Crippen LogP contribution in [0.5, 0.6) is 5.75 Å². The van der Waals surface area contributed by atoms with Crippen LogP contribution in [0.15, 0.2) is 48.5 Å². The number of hydrogen-bond acceptors (Lipinski definition) is 3. The third-order valence-corrected chi connectivity index (χ3v) is 4.23. The number of halogens is 2. The molecule has 0 aliphatic carbocycles. The Balaban J connectivity index is 2.11. The molecule has 0 fully saturated rings. The first-order valence-electron chi connectivity index (χ1n) is 8.09. The van der Waals surface area contributed by atoms with Crippen molar-refractivity contribution in [3.8, 4) is 5.75 Å². The Morgan fingerprint density at radius 2 is 1.85 bits per heavy atom. The Kier molecular flexibility index (Phi) is 7.30. The summed E-state index contributed by atoms with van der Waals surface area (Å²) in [5.74, 6) is -0.363. The molecule has 1 unspecified atom stereocenters. The summed E-state index contributed by atoms with van der Waals surface area (Å²) in [5.41, 5.74) is 6.18. The number of amides is 2. The Labute approximate surface area is 162 Å². The van der Waals surface area contributed by atoms with Gasteiger partial charge in [0.05, 0.1) is 5.02 Å². The van der Waals surface area contributed by atoms with E-state index in [1.54, 1.807) is 30.0 Å². The van der Waals surface area contributed by atoms with Crippen molar-refractivity contribution in [1.82, 2.24) is 4.90 Å². The molecular weight excluding hydrogens is 375 g/mol. The molecule has 2 rings (SSSR count). The van der Waals surface area contributed by atoms with Crippen LogP contribution in [0.4, 0.5) is 0 Å². The minimum absolute atomic E-state index is 0.0764. The van der Waals surface area contributed by atoms with E-state index in [1.807, 2.05) is 30.3 Å². The van der Waals surface area contributed by atoms with Crippen LogP contribution in [-0.4, -0.2) is 29.4 Å². The highest BCUT2D eigenvalue weighted by Gasteiger charge is 2.23. The van der Waals surface area contributed by atoms with Gasteiger partial charge in [0.25, 0.3) is 5.91 Å². The number of primary amides is 1. The van der Waals surface area contributed by atoms with E-state index in [0.29, 0.717) is 22.3 Å². The normalized spacial score (nSPS) is 11.7. The highest BCUT2D eigenvalue weighted by Crippen LogP contribution is 2.28. The predicted molar refractivity (Wildman–Crippen MR) is 102 cm³/mol. The second kappa shape index (κ2) is 9.46. The van der Waals surface area contributed by atoms with Crippen molar-refractivity contribution in [3.63, 3.8) is 0 Å². The minimum atomic E-state index is -0.787. The average Bonchev–Trinajstić information content (AvgIpc) is 2.61. The Morgan fingerprint density at radius 1 is 1.15 bits per heavy atom. The topological polar surface area (TPSA) is 72.6 Å². The van der Waals surface area contributed by atoms with Gasteiger partial charge in [-0.05, 0) is 30.7 Å². The average molecular weight is 395 g/mol. The zero-order valence-electron chi connectivity index (χ0n) is 14.3. The van der Waals surface area contributed by atoms with Crippen LogP contribution < -0.4 is 10.5 Å². The van der Waals surface area contributed by atoms with Gasteiger partial charge in [-0.1, -0.05) is 53.5 Å². The molecule has 26 heavy (non-hydrogen) atoms. The second-order valence-electron chi connectivity index (χ2n) is 5.80. The molecule has 2 amide bonds. The van der Waals surface area contributed by atoms with E-state index in [1.165, 1.54) is 0 Å². The van der Waals surface area contributed by atoms with Gasteiger partial charge in [-0.3, -0.25) is 9.59 Å². The molecule has 0 heterocycles. The molecule has 1 atom stereocenters. The molecule has 2 N–H and O–H groups in total. The summed E-state index contributed by atoms with van der Waals surface area (Å²) in [5, 5.41) is 0.803. The first-order valence-corrected chi connectivity index (χ1v) is 8.85. The summed E-state index contributed by atoms with van der Waals surface area (Å²) >= 11 is 12.0. The lowest BCUT2D eigenvalue weighted by molar-refractivity contribution is -0.139. The number of rotatable bonds is 8. The van der Waals surface area contributed by atoms with E-state index in [9.17, 15) is 9.59 Å². The highest BCUT2D eigenvalue weighted by atomic mass is 35.5. The van der Waals surface area contributed by atoms with Crippen molar-refractivity contribution in [2.75, 3.05) is 6.54 Å². The van der Waals surface area contributed by atoms with Crippen LogP contribution in [-0.2, 0) is 16.1 Å². The fourth-order valence-electron chi connectivity index (χ4n) is 2.38. The molecule has 0 saturated carbocycles. The first kappa shape index (κ1) is 20.1. The van der Waals surface area contributed by atoms with Gasteiger partial charge < -0.3 is 15.4 Å². The molecule has 2 aromatic rings. The number of hydrogen-bond donors (Lipinski definition) is 1. The summed E-state index contributed by atoms with van der Waals surface area (Å²) in [4.78, 5) is 25.5. The summed E-state index contributed by atoms with van der Waals surface area (Å²) < 4.78 is 5.69. The van der Waals surface area contributed by atoms with Gasteiger partial charge in [0.2, 0.25) is 5.91 Å². The molecule has 0 bridgehead atoms. The van der Waals surface area contributed by atoms with Crippen LogP contribution in [0.2, 0.25) is 10.0 Å². The van der Waals surface area contributed by atoms with E-state index < -0.39 is 12.0 Å². The van der Waals surface area contributed by atoms with Gasteiger partial charge in [0, 0.05) is 24.5 Å². The van der Waals surface area contributed by atoms with E-state index in [-0.39, 0.29) is 18.9 Å². The fraction of sp³-hybridized carbons (Fsp3) is 0.263. The van der Waals surface area contributed by atoms with Crippen LogP contribution in [0.3, 0.4) is 0 Å². The van der Waals surface area contributed by atoms with Crippen molar-refractivity contribution >= 4 is 35.0 Å². The van der Waals surface area contributed by atoms with Crippen LogP contribution >= 0.6 is 23.2 Å². The molecule has 0 aromatic heterocycles. The van der Waals surface area contributed by atoms with E-state index in [4.69, 9.17) is 33.7 Å². The summed E-state index contributed by atoms with van der Waals surface area (Å²) in [6, 6.07) is 14.3. The van der Waals surface area contributed by atoms with Crippen LogP contribution in [0.1, 0.15) is 18.9 Å². The summed E-state index contributed by atoms with van der Waals surface area (Å²) in [6.45, 7) is 2.20. The van der Waals surface area contributed by atoms with E-state index in [0.717, 1.165) is 5.56 Å². The maximum absolute atomic E-state index is 12.8. The maximum Gasteiger partial charge on any atom is 0.263 e. The monoisotopic (exact) mass is 394 g/mol. The lowest BCUT2D eigenvalue weighted by atomic mass is 10.2.